The van der Waals surface area contributed by atoms with Crippen LogP contribution in [0.5, 0.6) is 0 Å². The second kappa shape index (κ2) is 6.18. The van der Waals surface area contributed by atoms with E-state index in [4.69, 9.17) is 4.52 Å². The van der Waals surface area contributed by atoms with Crippen molar-refractivity contribution in [3.63, 3.8) is 0 Å². The maximum absolute atomic E-state index is 11.3. The smallest absolute Gasteiger partial charge is 0.321 e. The first-order valence-corrected chi connectivity index (χ1v) is 6.28. The predicted octanol–water partition coefficient (Wildman–Crippen LogP) is 3.32. The highest BCUT2D eigenvalue weighted by molar-refractivity contribution is 7.56. The van der Waals surface area contributed by atoms with Crippen LogP contribution in [0.25, 0.3) is 0 Å². The number of hydrogen-bond donors (Lipinski definition) is 1. The van der Waals surface area contributed by atoms with Gasteiger partial charge in [0, 0.05) is 5.82 Å². The molecule has 0 saturated heterocycles. The molecule has 0 rings (SSSR count). The lowest BCUT2D eigenvalue weighted by Crippen LogP contribution is -1.88. The summed E-state index contributed by atoms with van der Waals surface area (Å²) >= 11 is 0. The van der Waals surface area contributed by atoms with Crippen molar-refractivity contribution in [1.82, 2.24) is 0 Å². The molecule has 0 aliphatic carbocycles. The SMILES string of the molecule is CC(C)=CP(=O)(O)OCC=CC(C)C. The zero-order valence-electron chi connectivity index (χ0n) is 9.23. The molecule has 0 bridgehead atoms. The van der Waals surface area contributed by atoms with E-state index in [1.165, 1.54) is 5.82 Å². The topological polar surface area (TPSA) is 46.5 Å². The molecular formula is C10H19O3P. The summed E-state index contributed by atoms with van der Waals surface area (Å²) < 4.78 is 16.1. The molecule has 0 aromatic carbocycles. The maximum Gasteiger partial charge on any atom is 0.351 e. The predicted molar refractivity (Wildman–Crippen MR) is 59.2 cm³/mol. The van der Waals surface area contributed by atoms with Gasteiger partial charge in [0.15, 0.2) is 0 Å². The van der Waals surface area contributed by atoms with Crippen molar-refractivity contribution in [2.24, 2.45) is 5.92 Å². The first-order chi connectivity index (χ1) is 6.33. The summed E-state index contributed by atoms with van der Waals surface area (Å²) in [7, 11) is -3.52. The first kappa shape index (κ1) is 13.6. The van der Waals surface area contributed by atoms with E-state index in [-0.39, 0.29) is 6.61 Å². The van der Waals surface area contributed by atoms with Crippen molar-refractivity contribution in [1.29, 1.82) is 0 Å². The van der Waals surface area contributed by atoms with Gasteiger partial charge in [-0.25, -0.2) is 0 Å². The van der Waals surface area contributed by atoms with Gasteiger partial charge in [-0.15, -0.1) is 0 Å². The Bertz CT molecular complexity index is 263. The standard InChI is InChI=1S/C10H19O3P/c1-9(2)6-5-7-13-14(11,12)8-10(3)4/h5-6,8-9H,7H2,1-4H3,(H,11,12). The van der Waals surface area contributed by atoms with Gasteiger partial charge in [0.2, 0.25) is 0 Å². The molecule has 0 aliphatic rings. The number of hydrogen-bond acceptors (Lipinski definition) is 2. The van der Waals surface area contributed by atoms with Crippen LogP contribution in [0.4, 0.5) is 0 Å². The lowest BCUT2D eigenvalue weighted by atomic mass is 10.2. The molecule has 4 heteroatoms. The van der Waals surface area contributed by atoms with E-state index >= 15 is 0 Å². The van der Waals surface area contributed by atoms with Crippen LogP contribution in [0.1, 0.15) is 27.7 Å². The van der Waals surface area contributed by atoms with Gasteiger partial charge in [0.1, 0.15) is 0 Å². The molecule has 0 fully saturated rings. The van der Waals surface area contributed by atoms with E-state index in [9.17, 15) is 9.46 Å². The first-order valence-electron chi connectivity index (χ1n) is 4.63. The Labute approximate surface area is 86.0 Å². The van der Waals surface area contributed by atoms with Gasteiger partial charge < -0.3 is 9.42 Å². The van der Waals surface area contributed by atoms with Crippen LogP contribution in [0.3, 0.4) is 0 Å². The second-order valence-corrected chi connectivity index (χ2v) is 5.38. The maximum atomic E-state index is 11.3. The van der Waals surface area contributed by atoms with Gasteiger partial charge >= 0.3 is 7.60 Å². The van der Waals surface area contributed by atoms with Crippen LogP contribution in [0.2, 0.25) is 0 Å². The molecule has 1 unspecified atom stereocenters. The highest BCUT2D eigenvalue weighted by atomic mass is 31.2. The minimum absolute atomic E-state index is 0.176. The molecule has 0 spiro atoms. The fourth-order valence-corrected chi connectivity index (χ4v) is 1.87. The van der Waals surface area contributed by atoms with Crippen LogP contribution < -0.4 is 0 Å². The van der Waals surface area contributed by atoms with E-state index in [0.29, 0.717) is 5.92 Å². The summed E-state index contributed by atoms with van der Waals surface area (Å²) in [5.74, 6) is 1.69. The van der Waals surface area contributed by atoms with Gasteiger partial charge in [0.05, 0.1) is 6.61 Å². The molecule has 0 amide bonds. The number of allylic oxidation sites excluding steroid dienone is 2. The summed E-state index contributed by atoms with van der Waals surface area (Å²) in [6.07, 6.45) is 3.69. The minimum atomic E-state index is -3.52. The van der Waals surface area contributed by atoms with Crippen molar-refractivity contribution in [3.05, 3.63) is 23.5 Å². The summed E-state index contributed by atoms with van der Waals surface area (Å²) in [6.45, 7) is 7.76. The Balaban J connectivity index is 4.01. The largest absolute Gasteiger partial charge is 0.351 e. The van der Waals surface area contributed by atoms with Crippen molar-refractivity contribution in [2.45, 2.75) is 27.7 Å². The molecule has 0 heterocycles. The van der Waals surface area contributed by atoms with Crippen LogP contribution >= 0.6 is 7.60 Å². The van der Waals surface area contributed by atoms with E-state index in [2.05, 4.69) is 0 Å². The second-order valence-electron chi connectivity index (χ2n) is 3.74. The zero-order valence-corrected chi connectivity index (χ0v) is 10.1. The van der Waals surface area contributed by atoms with Crippen LogP contribution in [-0.2, 0) is 9.09 Å². The zero-order chi connectivity index (χ0) is 11.2. The van der Waals surface area contributed by atoms with Crippen LogP contribution in [0.15, 0.2) is 23.5 Å². The molecule has 14 heavy (non-hydrogen) atoms. The summed E-state index contributed by atoms with van der Waals surface area (Å²) in [6, 6.07) is 0. The van der Waals surface area contributed by atoms with Crippen LogP contribution in [-0.4, -0.2) is 11.5 Å². The van der Waals surface area contributed by atoms with E-state index in [0.717, 1.165) is 5.57 Å². The van der Waals surface area contributed by atoms with Crippen molar-refractivity contribution in [2.75, 3.05) is 6.61 Å². The van der Waals surface area contributed by atoms with Gasteiger partial charge in [-0.2, -0.15) is 0 Å². The average molecular weight is 218 g/mol. The van der Waals surface area contributed by atoms with Crippen molar-refractivity contribution < 1.29 is 14.0 Å². The molecule has 0 aromatic rings. The average Bonchev–Trinajstić information content (AvgIpc) is 1.95. The highest BCUT2D eigenvalue weighted by Gasteiger charge is 2.13. The molecule has 1 N–H and O–H groups in total. The normalized spacial score (nSPS) is 15.9. The van der Waals surface area contributed by atoms with E-state index in [1.807, 2.05) is 19.9 Å². The Morgan fingerprint density at radius 2 is 2.07 bits per heavy atom. The summed E-state index contributed by atoms with van der Waals surface area (Å²) in [5.41, 5.74) is 0.781. The lowest BCUT2D eigenvalue weighted by molar-refractivity contribution is 0.296. The van der Waals surface area contributed by atoms with Crippen LogP contribution in [0, 0.1) is 5.92 Å². The Hall–Kier alpha value is -0.370. The molecule has 82 valence electrons. The molecular weight excluding hydrogens is 199 g/mol. The number of rotatable bonds is 5. The third-order valence-electron chi connectivity index (χ3n) is 1.30. The summed E-state index contributed by atoms with van der Waals surface area (Å²) in [4.78, 5) is 9.27. The van der Waals surface area contributed by atoms with Crippen molar-refractivity contribution >= 4 is 7.60 Å². The molecule has 0 saturated carbocycles. The minimum Gasteiger partial charge on any atom is -0.321 e. The Morgan fingerprint density at radius 1 is 1.50 bits per heavy atom. The molecule has 0 aromatic heterocycles. The van der Waals surface area contributed by atoms with E-state index < -0.39 is 7.60 Å². The fraction of sp³-hybridized carbons (Fsp3) is 0.600. The lowest BCUT2D eigenvalue weighted by Gasteiger charge is -2.06. The quantitative estimate of drug-likeness (QED) is 0.568. The monoisotopic (exact) mass is 218 g/mol. The van der Waals surface area contributed by atoms with Gasteiger partial charge in [0.25, 0.3) is 0 Å². The fourth-order valence-electron chi connectivity index (χ4n) is 0.841. The molecule has 1 atom stereocenters. The summed E-state index contributed by atoms with van der Waals surface area (Å²) in [5, 5.41) is 0. The third kappa shape index (κ3) is 8.24. The Kier molecular flexibility index (Phi) is 6.01. The Morgan fingerprint density at radius 3 is 2.50 bits per heavy atom. The van der Waals surface area contributed by atoms with Crippen molar-refractivity contribution in [3.8, 4) is 0 Å². The van der Waals surface area contributed by atoms with E-state index in [1.54, 1.807) is 19.9 Å². The highest BCUT2D eigenvalue weighted by Crippen LogP contribution is 2.44. The molecule has 0 aliphatic heterocycles. The van der Waals surface area contributed by atoms with Gasteiger partial charge in [-0.3, -0.25) is 4.57 Å². The third-order valence-corrected chi connectivity index (χ3v) is 2.66. The van der Waals surface area contributed by atoms with Gasteiger partial charge in [-0.05, 0) is 19.8 Å². The van der Waals surface area contributed by atoms with Gasteiger partial charge in [-0.1, -0.05) is 31.6 Å². The molecule has 0 radical (unpaired) electrons. The molecule has 3 nitrogen and oxygen atoms in total.